The first kappa shape index (κ1) is 102. The van der Waals surface area contributed by atoms with Crippen LogP contribution in [-0.4, -0.2) is 110 Å². The number of aliphatic hydroxyl groups excluding tert-OH is 1. The fourth-order valence-electron chi connectivity index (χ4n) is 15.7. The summed E-state index contributed by atoms with van der Waals surface area (Å²) in [5.41, 5.74) is 8.01. The second kappa shape index (κ2) is 51.6. The molecular formula is C103H108BBr2N8O21S. The van der Waals surface area contributed by atoms with Crippen LogP contribution in [0.5, 0.6) is 34.5 Å². The number of thiol groups is 1. The van der Waals surface area contributed by atoms with Gasteiger partial charge in [0.15, 0.2) is 5.78 Å². The van der Waals surface area contributed by atoms with Gasteiger partial charge in [-0.2, -0.15) is 0 Å². The first-order valence-electron chi connectivity index (χ1n) is 45.2. The number of carbonyl (C=O) groups excluding carboxylic acids is 1. The number of nitrogens with two attached hydrogens (primary N) is 1. The number of halogens is 2. The molecule has 1 atom stereocenters. The molecule has 6 aliphatic rings. The van der Waals surface area contributed by atoms with Gasteiger partial charge >= 0.3 is 58.5 Å². The number of hydrogen-bond acceptors (Lipinski definition) is 29. The molecule has 0 bridgehead atoms. The molecule has 136 heavy (non-hydrogen) atoms. The number of anilines is 1. The second-order valence-corrected chi connectivity index (χ2v) is 34.5. The molecule has 29 nitrogen and oxygen atoms in total. The van der Waals surface area contributed by atoms with Crippen molar-refractivity contribution in [2.45, 2.75) is 192 Å². The summed E-state index contributed by atoms with van der Waals surface area (Å²) in [6.07, 6.45) is 34.0. The van der Waals surface area contributed by atoms with E-state index in [9.17, 15) is 33.6 Å². The zero-order valence-corrected chi connectivity index (χ0v) is 79.9. The Hall–Kier alpha value is -13.1. The molecule has 1 aliphatic heterocycles. The van der Waals surface area contributed by atoms with E-state index in [2.05, 4.69) is 95.0 Å². The molecule has 0 unspecified atom stereocenters. The van der Waals surface area contributed by atoms with Crippen LogP contribution in [0.1, 0.15) is 172 Å². The summed E-state index contributed by atoms with van der Waals surface area (Å²) in [7, 11) is 4.34. The quantitative estimate of drug-likeness (QED) is 0.0150. The van der Waals surface area contributed by atoms with E-state index in [1.807, 2.05) is 92.8 Å². The number of nitrogens with one attached hydrogen (secondary N) is 1. The van der Waals surface area contributed by atoms with E-state index in [0.717, 1.165) is 146 Å². The molecule has 0 spiro atoms. The number of hydrogen-bond donors (Lipinski definition) is 5. The van der Waals surface area contributed by atoms with Crippen LogP contribution in [0.4, 0.5) is 5.95 Å². The molecule has 10 heterocycles. The van der Waals surface area contributed by atoms with Gasteiger partial charge in [-0.15, -0.1) is 0 Å². The number of alkyl halides is 1. The number of allylic oxidation sites excluding steroid dienone is 2. The standard InChI is InChI=1S/C19H16N4O3.C17H18O3.C16H15BrO4.C14H13BrO3.C14H14O3.C9H6O3.2C5H10O.C4H5N3.BHNS/c24-18-15(16-11-23-7-1-5-21-19(23)22-16)8-12-2-3-13(9-17(12)26-18)25-14-4-6-20-10-14;1-11(2)15-9-12-7-8-14(10-16(12)20-17(15)18)19-13-5-3-4-6-13;17-9-14(18)13-7-10-5-6-12(8-15(10)21-16(13)19)20-11-3-1-2-4-11;15-12-7-9-5-6-11(8-13(9)18-14(12)16)17-10-3-1-2-4-10;15-14-8-6-10-5-7-12(9-13(10)17-14)16-11-3-1-2-4-11;10-7-3-1-6-2-4-9(11)12-8(6)5-7;6-5-3-1-2-4-5;1-4-6-5(2)3;5-4-6-2-1-3-7-4;1-2-3/h1-3,5,7-9,11,14,20H,4,6,10H2;7-10,13H,1,3-6H2,2H3;5-8,11H,1-4,9H2;5-8,10H,1-4H2;5-9,11H,1-4H2;1-5,10H;5-6H,1-4H2;2,4H2,1,3H3;1-3H,(H2,5,6,7);3H/t14-;;;;;;;;;/m0........./s1. The van der Waals surface area contributed by atoms with Crippen LogP contribution in [0.15, 0.2) is 284 Å². The number of aromatic hydroxyl groups is 1. The van der Waals surface area contributed by atoms with E-state index in [0.29, 0.717) is 102 Å². The van der Waals surface area contributed by atoms with Crippen LogP contribution in [-0.2, 0) is 4.74 Å². The normalized spacial score (nSPS) is 15.1. The van der Waals surface area contributed by atoms with Crippen LogP contribution in [0, 0.1) is 0 Å². The minimum absolute atomic E-state index is 0.0463. The molecule has 1 radical (unpaired) electrons. The monoisotopic (exact) mass is 1990 g/mol. The summed E-state index contributed by atoms with van der Waals surface area (Å²) in [5.74, 6) is 5.22. The van der Waals surface area contributed by atoms with E-state index >= 15 is 0 Å². The van der Waals surface area contributed by atoms with Gasteiger partial charge in [-0.25, -0.2) is 48.7 Å². The van der Waals surface area contributed by atoms with E-state index in [-0.39, 0.29) is 57.6 Å². The molecule has 5 N–H and O–H groups in total. The first-order chi connectivity index (χ1) is 65.8. The molecule has 15 aromatic rings. The molecule has 709 valence electrons. The minimum atomic E-state index is -0.607. The summed E-state index contributed by atoms with van der Waals surface area (Å²) in [6, 6.07) is 49.2. The summed E-state index contributed by atoms with van der Waals surface area (Å²) in [6.45, 7) is 15.4. The van der Waals surface area contributed by atoms with Gasteiger partial charge in [0, 0.05) is 118 Å². The van der Waals surface area contributed by atoms with Crippen LogP contribution in [0.25, 0.3) is 88.4 Å². The van der Waals surface area contributed by atoms with E-state index in [1.54, 1.807) is 115 Å². The number of phenols is 1. The fraction of sp³-hybridized carbons (Fsp3) is 0.330. The van der Waals surface area contributed by atoms with Crippen molar-refractivity contribution in [1.29, 1.82) is 0 Å². The van der Waals surface area contributed by atoms with Crippen LogP contribution in [0.3, 0.4) is 0 Å². The Kier molecular flexibility index (Phi) is 38.6. The average Bonchev–Trinajstić information content (AvgIpc) is 1.66. The summed E-state index contributed by atoms with van der Waals surface area (Å²) < 4.78 is 70.5. The molecule has 5 saturated carbocycles. The molecule has 21 rings (SSSR count). The third kappa shape index (κ3) is 31.0. The van der Waals surface area contributed by atoms with Crippen molar-refractivity contribution in [2.75, 3.05) is 30.8 Å². The van der Waals surface area contributed by atoms with E-state index in [1.165, 1.54) is 82.4 Å². The topological polar surface area (TPSA) is 401 Å². The number of nitrogens with zero attached hydrogens (tertiary/aromatic N) is 6. The molecule has 33 heteroatoms. The van der Waals surface area contributed by atoms with Gasteiger partial charge in [-0.3, -0.25) is 9.20 Å². The Morgan fingerprint density at radius 3 is 1.30 bits per heavy atom. The number of fused-ring (bicyclic) bond motifs is 7. The van der Waals surface area contributed by atoms with Crippen molar-refractivity contribution in [1.82, 2.24) is 29.7 Å². The zero-order valence-electron chi connectivity index (χ0n) is 75.8. The van der Waals surface area contributed by atoms with Gasteiger partial charge in [-0.05, 0) is 292 Å². The maximum absolute atomic E-state index is 12.5. The summed E-state index contributed by atoms with van der Waals surface area (Å²) in [5, 5.41) is 26.2. The number of aliphatic hydroxyl groups is 1. The molecule has 6 aromatic carbocycles. The van der Waals surface area contributed by atoms with Crippen molar-refractivity contribution in [2.24, 2.45) is 4.30 Å². The van der Waals surface area contributed by atoms with Gasteiger partial charge in [-0.1, -0.05) is 41.9 Å². The average molecular weight is 2000 g/mol. The number of benzene rings is 6. The van der Waals surface area contributed by atoms with Crippen LogP contribution < -0.4 is 68.5 Å². The first-order valence-corrected chi connectivity index (χ1v) is 47.5. The predicted octanol–water partition coefficient (Wildman–Crippen LogP) is 21.3. The number of ether oxygens (including phenoxy) is 6. The predicted molar refractivity (Wildman–Crippen MR) is 537 cm³/mol. The SMILES string of the molecule is C=C(C)OCC.C=C(C)c1cc2ccc(OC3CCCC3)cc2oc1=O.Nc1ncccn1.O=C(CBr)c1cc2ccc(OC3CCCC3)cc2oc1=O.O=c1ccc2ccc(O)cc2o1.O=c1ccc2ccc(OC3CCCC3)cc2o1.O=c1oc2cc(OC3CCCC3)ccc2cc1Br.O=c1oc2cc(O[C@H]3CCNC3)ccc2cc1-c1cn2cccnc2n1.OC1CCCC1.[B]=NS. The Morgan fingerprint density at radius 2 is 0.897 bits per heavy atom. The van der Waals surface area contributed by atoms with Crippen molar-refractivity contribution < 1.29 is 69.9 Å². The van der Waals surface area contributed by atoms with E-state index in [4.69, 9.17) is 70.9 Å². The molecule has 9 aromatic heterocycles. The van der Waals surface area contributed by atoms with Crippen molar-refractivity contribution in [3.8, 4) is 45.8 Å². The van der Waals surface area contributed by atoms with Crippen LogP contribution >= 0.6 is 44.7 Å². The third-order valence-electron chi connectivity index (χ3n) is 22.4. The third-order valence-corrected chi connectivity index (χ3v) is 23.5. The molecule has 0 amide bonds. The Morgan fingerprint density at radius 1 is 0.507 bits per heavy atom. The second-order valence-electron chi connectivity index (χ2n) is 32.9. The fourth-order valence-corrected chi connectivity index (χ4v) is 16.3. The maximum atomic E-state index is 12.5. The number of ketones is 1. The Bertz CT molecular complexity index is 6900. The van der Waals surface area contributed by atoms with Gasteiger partial charge in [0.05, 0.1) is 65.0 Å². The van der Waals surface area contributed by atoms with Crippen molar-refractivity contribution >= 4 is 141 Å². The van der Waals surface area contributed by atoms with E-state index < -0.39 is 16.9 Å². The van der Waals surface area contributed by atoms with Gasteiger partial charge < -0.3 is 76.2 Å². The zero-order chi connectivity index (χ0) is 96.4. The van der Waals surface area contributed by atoms with Crippen LogP contribution in [0.2, 0.25) is 0 Å². The van der Waals surface area contributed by atoms with Gasteiger partial charge in [0.1, 0.15) is 84.1 Å². The Balaban J connectivity index is 0.000000141. The molecular weight excluding hydrogens is 1890 g/mol. The number of carbonyl (C=O) groups is 1. The van der Waals surface area contributed by atoms with Crippen molar-refractivity contribution in [3.05, 3.63) is 298 Å². The number of nitrogen functional groups attached to an aromatic ring is 1. The Labute approximate surface area is 806 Å². The van der Waals surface area contributed by atoms with Gasteiger partial charge in [0.25, 0.3) is 0 Å². The number of aromatic nitrogens is 5. The molecule has 5 aliphatic carbocycles. The molecule has 1 saturated heterocycles. The number of rotatable bonds is 16. The van der Waals surface area contributed by atoms with Gasteiger partial charge in [0.2, 0.25) is 11.7 Å². The number of imidazole rings is 1. The number of Topliss-reactive ketones (excluding diaryl/α,β-unsaturated/α-hetero) is 1. The molecule has 6 fully saturated rings. The summed E-state index contributed by atoms with van der Waals surface area (Å²) >= 11 is 9.42. The van der Waals surface area contributed by atoms with Crippen molar-refractivity contribution in [3.63, 3.8) is 0 Å². The summed E-state index contributed by atoms with van der Waals surface area (Å²) in [4.78, 5) is 97.0. The number of phenolic OH excluding ortho intramolecular Hbond substituents is 1.